The fourth-order valence-electron chi connectivity index (χ4n) is 1.90. The lowest BCUT2D eigenvalue weighted by Crippen LogP contribution is -2.18. The van der Waals surface area contributed by atoms with Crippen LogP contribution in [0, 0.1) is 6.92 Å². The molecule has 0 saturated heterocycles. The molecule has 0 saturated carbocycles. The summed E-state index contributed by atoms with van der Waals surface area (Å²) in [5.74, 6) is 0.348. The van der Waals surface area contributed by atoms with E-state index < -0.39 is 0 Å². The molecule has 94 valence electrons. The van der Waals surface area contributed by atoms with Crippen molar-refractivity contribution in [2.45, 2.75) is 26.4 Å². The molecule has 1 atom stereocenters. The first-order valence-corrected chi connectivity index (χ1v) is 6.23. The summed E-state index contributed by atoms with van der Waals surface area (Å²) in [7, 11) is 0. The lowest BCUT2D eigenvalue weighted by molar-refractivity contribution is 0.460. The van der Waals surface area contributed by atoms with E-state index in [1.54, 1.807) is 6.07 Å². The number of aryl methyl sites for hydroxylation is 1. The molecule has 0 unspecified atom stereocenters. The van der Waals surface area contributed by atoms with Crippen LogP contribution in [0.15, 0.2) is 48.5 Å². The van der Waals surface area contributed by atoms with Crippen molar-refractivity contribution in [2.75, 3.05) is 0 Å². The first kappa shape index (κ1) is 12.7. The number of phenolic OH excluding ortho intramolecular Hbond substituents is 1. The summed E-state index contributed by atoms with van der Waals surface area (Å²) >= 11 is 0. The quantitative estimate of drug-likeness (QED) is 0.858. The zero-order valence-corrected chi connectivity index (χ0v) is 10.9. The predicted molar refractivity (Wildman–Crippen MR) is 74.5 cm³/mol. The highest BCUT2D eigenvalue weighted by molar-refractivity contribution is 5.32. The van der Waals surface area contributed by atoms with Crippen molar-refractivity contribution in [3.8, 4) is 5.75 Å². The second-order valence-corrected chi connectivity index (χ2v) is 4.64. The summed E-state index contributed by atoms with van der Waals surface area (Å²) in [6.07, 6.45) is 0. The number of phenols is 1. The van der Waals surface area contributed by atoms with E-state index in [-0.39, 0.29) is 6.04 Å². The van der Waals surface area contributed by atoms with Gasteiger partial charge in [-0.2, -0.15) is 0 Å². The molecule has 0 bridgehead atoms. The Hall–Kier alpha value is -1.80. The molecule has 2 N–H and O–H groups in total. The van der Waals surface area contributed by atoms with Gasteiger partial charge in [-0.1, -0.05) is 48.0 Å². The van der Waals surface area contributed by atoms with Crippen LogP contribution in [0.4, 0.5) is 0 Å². The Morgan fingerprint density at radius 3 is 2.39 bits per heavy atom. The van der Waals surface area contributed by atoms with Crippen LogP contribution in [0.2, 0.25) is 0 Å². The van der Waals surface area contributed by atoms with E-state index in [0.29, 0.717) is 12.3 Å². The van der Waals surface area contributed by atoms with E-state index in [2.05, 4.69) is 43.4 Å². The summed E-state index contributed by atoms with van der Waals surface area (Å²) in [4.78, 5) is 0. The van der Waals surface area contributed by atoms with Gasteiger partial charge >= 0.3 is 0 Å². The van der Waals surface area contributed by atoms with Crippen LogP contribution >= 0.6 is 0 Å². The Labute approximate surface area is 108 Å². The number of aromatic hydroxyl groups is 1. The SMILES string of the molecule is Cc1ccc([C@@H](C)NCc2ccccc2O)cc1. The second kappa shape index (κ2) is 5.69. The molecule has 0 amide bonds. The van der Waals surface area contributed by atoms with Crippen molar-refractivity contribution in [1.29, 1.82) is 0 Å². The van der Waals surface area contributed by atoms with E-state index in [1.807, 2.05) is 18.2 Å². The molecule has 2 aromatic carbocycles. The number of hydrogen-bond acceptors (Lipinski definition) is 2. The maximum absolute atomic E-state index is 9.69. The van der Waals surface area contributed by atoms with E-state index in [4.69, 9.17) is 0 Å². The number of rotatable bonds is 4. The maximum Gasteiger partial charge on any atom is 0.120 e. The zero-order chi connectivity index (χ0) is 13.0. The van der Waals surface area contributed by atoms with Gasteiger partial charge in [-0.3, -0.25) is 0 Å². The lowest BCUT2D eigenvalue weighted by Gasteiger charge is -2.15. The van der Waals surface area contributed by atoms with Gasteiger partial charge in [0.25, 0.3) is 0 Å². The highest BCUT2D eigenvalue weighted by atomic mass is 16.3. The fourth-order valence-corrected chi connectivity index (χ4v) is 1.90. The third-order valence-electron chi connectivity index (χ3n) is 3.17. The highest BCUT2D eigenvalue weighted by Gasteiger charge is 2.05. The number of para-hydroxylation sites is 1. The van der Waals surface area contributed by atoms with Gasteiger partial charge in [0.05, 0.1) is 0 Å². The summed E-state index contributed by atoms with van der Waals surface area (Å²) in [6.45, 7) is 4.89. The minimum atomic E-state index is 0.269. The highest BCUT2D eigenvalue weighted by Crippen LogP contribution is 2.18. The molecule has 18 heavy (non-hydrogen) atoms. The average molecular weight is 241 g/mol. The monoisotopic (exact) mass is 241 g/mol. The molecule has 0 fully saturated rings. The third-order valence-corrected chi connectivity index (χ3v) is 3.17. The predicted octanol–water partition coefficient (Wildman–Crippen LogP) is 3.55. The van der Waals surface area contributed by atoms with Crippen LogP contribution in [0.1, 0.15) is 29.7 Å². The topological polar surface area (TPSA) is 32.3 Å². The summed E-state index contributed by atoms with van der Waals surface area (Å²) < 4.78 is 0. The fraction of sp³-hybridized carbons (Fsp3) is 0.250. The minimum Gasteiger partial charge on any atom is -0.508 e. The van der Waals surface area contributed by atoms with Crippen LogP contribution in [-0.2, 0) is 6.54 Å². The Bertz CT molecular complexity index is 505. The van der Waals surface area contributed by atoms with Crippen molar-refractivity contribution in [2.24, 2.45) is 0 Å². The van der Waals surface area contributed by atoms with Gasteiger partial charge in [0, 0.05) is 18.2 Å². The molecule has 2 heteroatoms. The second-order valence-electron chi connectivity index (χ2n) is 4.64. The third kappa shape index (κ3) is 3.11. The Kier molecular flexibility index (Phi) is 4.00. The van der Waals surface area contributed by atoms with Gasteiger partial charge in [0.15, 0.2) is 0 Å². The Morgan fingerprint density at radius 2 is 1.72 bits per heavy atom. The number of hydrogen-bond donors (Lipinski definition) is 2. The lowest BCUT2D eigenvalue weighted by atomic mass is 10.1. The zero-order valence-electron chi connectivity index (χ0n) is 10.9. The number of nitrogens with one attached hydrogen (secondary N) is 1. The molecule has 0 heterocycles. The van der Waals surface area contributed by atoms with Gasteiger partial charge in [0.1, 0.15) is 5.75 Å². The van der Waals surface area contributed by atoms with E-state index in [0.717, 1.165) is 5.56 Å². The van der Waals surface area contributed by atoms with Gasteiger partial charge in [-0.15, -0.1) is 0 Å². The van der Waals surface area contributed by atoms with Gasteiger partial charge in [-0.25, -0.2) is 0 Å². The molecule has 0 aromatic heterocycles. The first-order valence-electron chi connectivity index (χ1n) is 6.23. The van der Waals surface area contributed by atoms with Gasteiger partial charge in [0.2, 0.25) is 0 Å². The van der Waals surface area contributed by atoms with Crippen molar-refractivity contribution in [3.05, 3.63) is 65.2 Å². The van der Waals surface area contributed by atoms with Crippen LogP contribution in [-0.4, -0.2) is 5.11 Å². The first-order chi connectivity index (χ1) is 8.66. The summed E-state index contributed by atoms with van der Waals surface area (Å²) in [5.41, 5.74) is 3.46. The molecule has 0 aliphatic rings. The molecule has 2 nitrogen and oxygen atoms in total. The average Bonchev–Trinajstić information content (AvgIpc) is 2.38. The van der Waals surface area contributed by atoms with Crippen LogP contribution in [0.5, 0.6) is 5.75 Å². The molecule has 0 aliphatic carbocycles. The Balaban J connectivity index is 1.98. The van der Waals surface area contributed by atoms with Gasteiger partial charge in [-0.05, 0) is 25.5 Å². The van der Waals surface area contributed by atoms with E-state index in [1.165, 1.54) is 11.1 Å². The number of benzene rings is 2. The normalized spacial score (nSPS) is 12.3. The minimum absolute atomic E-state index is 0.269. The molecule has 2 aromatic rings. The van der Waals surface area contributed by atoms with Crippen molar-refractivity contribution in [3.63, 3.8) is 0 Å². The molecular weight excluding hydrogens is 222 g/mol. The van der Waals surface area contributed by atoms with Crippen molar-refractivity contribution >= 4 is 0 Å². The largest absolute Gasteiger partial charge is 0.508 e. The van der Waals surface area contributed by atoms with Crippen molar-refractivity contribution < 1.29 is 5.11 Å². The smallest absolute Gasteiger partial charge is 0.120 e. The molecular formula is C16H19NO. The Morgan fingerprint density at radius 1 is 1.06 bits per heavy atom. The standard InChI is InChI=1S/C16H19NO/c1-12-7-9-14(10-8-12)13(2)17-11-15-5-3-4-6-16(15)18/h3-10,13,17-18H,11H2,1-2H3/t13-/m1/s1. The van der Waals surface area contributed by atoms with Crippen LogP contribution in [0.3, 0.4) is 0 Å². The van der Waals surface area contributed by atoms with Crippen LogP contribution in [0.25, 0.3) is 0 Å². The molecule has 0 radical (unpaired) electrons. The summed E-state index contributed by atoms with van der Waals surface area (Å²) in [5, 5.41) is 13.1. The summed E-state index contributed by atoms with van der Waals surface area (Å²) in [6, 6.07) is 16.2. The van der Waals surface area contributed by atoms with E-state index in [9.17, 15) is 5.11 Å². The molecule has 0 aliphatic heterocycles. The van der Waals surface area contributed by atoms with Gasteiger partial charge < -0.3 is 10.4 Å². The van der Waals surface area contributed by atoms with Crippen LogP contribution < -0.4 is 5.32 Å². The van der Waals surface area contributed by atoms with E-state index >= 15 is 0 Å². The maximum atomic E-state index is 9.69. The van der Waals surface area contributed by atoms with Crippen molar-refractivity contribution in [1.82, 2.24) is 5.32 Å². The molecule has 0 spiro atoms. The molecule has 2 rings (SSSR count).